The highest BCUT2D eigenvalue weighted by atomic mass is 16.7. The van der Waals surface area contributed by atoms with Crippen LogP contribution in [0.2, 0.25) is 0 Å². The molecule has 0 aromatic carbocycles. The molecule has 4 saturated heterocycles. The zero-order chi connectivity index (χ0) is 30.5. The SMILES string of the molecule is CC1OC(O[C@H]2C(C)OC(O[C@H]3C(C)OC(O)C(C)[C@@H]3C)C(C)[C@@H]2O)C(C)[C@H](C)C1O[C@@H]1OC(C)[C@@H](O)[C@@H](O)C1C. The van der Waals surface area contributed by atoms with Gasteiger partial charge in [0.1, 0.15) is 12.2 Å². The number of ether oxygens (including phenoxy) is 7. The predicted octanol–water partition coefficient (Wildman–Crippen LogP) is 2.01. The van der Waals surface area contributed by atoms with Crippen molar-refractivity contribution in [2.24, 2.45) is 35.5 Å². The van der Waals surface area contributed by atoms with Gasteiger partial charge in [0.2, 0.25) is 0 Å². The molecular formula is C30H54O11. The average Bonchev–Trinajstić information content (AvgIpc) is 2.92. The van der Waals surface area contributed by atoms with Crippen molar-refractivity contribution in [3.8, 4) is 0 Å². The first-order valence-corrected chi connectivity index (χ1v) is 15.4. The molecule has 0 aliphatic carbocycles. The van der Waals surface area contributed by atoms with Crippen LogP contribution in [0.1, 0.15) is 69.2 Å². The van der Waals surface area contributed by atoms with Crippen LogP contribution in [0.3, 0.4) is 0 Å². The van der Waals surface area contributed by atoms with E-state index in [-0.39, 0.29) is 54.0 Å². The van der Waals surface area contributed by atoms with Crippen LogP contribution < -0.4 is 0 Å². The summed E-state index contributed by atoms with van der Waals surface area (Å²) in [7, 11) is 0. The molecule has 4 rings (SSSR count). The summed E-state index contributed by atoms with van der Waals surface area (Å²) < 4.78 is 43.3. The summed E-state index contributed by atoms with van der Waals surface area (Å²) in [6.45, 7) is 19.1. The number of hydrogen-bond donors (Lipinski definition) is 4. The summed E-state index contributed by atoms with van der Waals surface area (Å²) in [5, 5.41) is 42.1. The van der Waals surface area contributed by atoms with E-state index in [0.29, 0.717) is 0 Å². The quantitative estimate of drug-likeness (QED) is 0.360. The van der Waals surface area contributed by atoms with Crippen LogP contribution in [0.25, 0.3) is 0 Å². The van der Waals surface area contributed by atoms with Gasteiger partial charge < -0.3 is 53.6 Å². The van der Waals surface area contributed by atoms with Gasteiger partial charge in [-0.1, -0.05) is 41.5 Å². The summed E-state index contributed by atoms with van der Waals surface area (Å²) in [6.07, 6.45) is -8.45. The highest BCUT2D eigenvalue weighted by Crippen LogP contribution is 2.40. The Kier molecular flexibility index (Phi) is 10.8. The molecule has 20 atom stereocenters. The van der Waals surface area contributed by atoms with E-state index in [0.717, 1.165) is 0 Å². The standard InChI is InChI=1S/C30H54O11/c1-11-13(3)27(34)35-18(8)24(11)39-30-16(6)22(32)26(20(10)38-30)41-28-14(4)12(2)25(19(9)37-28)40-29-15(5)21(31)23(33)17(7)36-29/h11-34H,1-10H3/t11-,12-,13?,14?,15?,16?,17?,18?,19?,20?,21-,22-,23+,24+,25?,26-,27?,28?,29-,30?/m0/s1. The maximum atomic E-state index is 11.4. The van der Waals surface area contributed by atoms with Crippen molar-refractivity contribution in [1.82, 2.24) is 0 Å². The summed E-state index contributed by atoms with van der Waals surface area (Å²) in [5.74, 6) is -0.911. The van der Waals surface area contributed by atoms with E-state index < -0.39 is 67.7 Å². The lowest BCUT2D eigenvalue weighted by molar-refractivity contribution is -0.361. The third-order valence-electron chi connectivity index (χ3n) is 10.3. The predicted molar refractivity (Wildman–Crippen MR) is 147 cm³/mol. The molecule has 0 bridgehead atoms. The van der Waals surface area contributed by atoms with Crippen molar-refractivity contribution in [3.05, 3.63) is 0 Å². The fourth-order valence-corrected chi connectivity index (χ4v) is 6.70. The van der Waals surface area contributed by atoms with Crippen LogP contribution in [-0.4, -0.2) is 107 Å². The van der Waals surface area contributed by atoms with Gasteiger partial charge in [-0.05, 0) is 39.5 Å². The number of aliphatic hydroxyl groups excluding tert-OH is 4. The third kappa shape index (κ3) is 6.66. The Morgan fingerprint density at radius 1 is 0.366 bits per heavy atom. The first-order valence-electron chi connectivity index (χ1n) is 15.4. The molecule has 12 unspecified atom stereocenters. The largest absolute Gasteiger partial charge is 0.390 e. The highest BCUT2D eigenvalue weighted by molar-refractivity contribution is 4.93. The molecule has 4 heterocycles. The van der Waals surface area contributed by atoms with Crippen molar-refractivity contribution in [2.45, 2.75) is 155 Å². The van der Waals surface area contributed by atoms with Crippen LogP contribution in [0.4, 0.5) is 0 Å². The van der Waals surface area contributed by atoms with Crippen molar-refractivity contribution in [2.75, 3.05) is 0 Å². The van der Waals surface area contributed by atoms with Crippen molar-refractivity contribution >= 4 is 0 Å². The first kappa shape index (κ1) is 33.5. The van der Waals surface area contributed by atoms with Gasteiger partial charge in [-0.2, -0.15) is 0 Å². The molecule has 0 saturated carbocycles. The molecule has 11 heteroatoms. The topological polar surface area (TPSA) is 146 Å². The lowest BCUT2D eigenvalue weighted by atomic mass is 9.84. The molecule has 0 aromatic heterocycles. The van der Waals surface area contributed by atoms with Gasteiger partial charge in [-0.25, -0.2) is 0 Å². The Bertz CT molecular complexity index is 847. The Morgan fingerprint density at radius 2 is 0.756 bits per heavy atom. The normalized spacial score (nSPS) is 56.9. The van der Waals surface area contributed by atoms with Gasteiger partial charge in [-0.3, -0.25) is 0 Å². The fraction of sp³-hybridized carbons (Fsp3) is 1.00. The average molecular weight is 591 g/mol. The van der Waals surface area contributed by atoms with Gasteiger partial charge in [0.25, 0.3) is 0 Å². The van der Waals surface area contributed by atoms with Crippen LogP contribution in [0, 0.1) is 35.5 Å². The number of rotatable bonds is 6. The first-order chi connectivity index (χ1) is 19.1. The molecule has 4 aliphatic heterocycles. The Balaban J connectivity index is 1.37. The molecule has 4 fully saturated rings. The second-order valence-electron chi connectivity index (χ2n) is 13.3. The number of hydrogen-bond acceptors (Lipinski definition) is 11. The third-order valence-corrected chi connectivity index (χ3v) is 10.3. The minimum Gasteiger partial charge on any atom is -0.390 e. The zero-order valence-electron chi connectivity index (χ0n) is 26.2. The second-order valence-corrected chi connectivity index (χ2v) is 13.3. The van der Waals surface area contributed by atoms with E-state index in [9.17, 15) is 20.4 Å². The maximum Gasteiger partial charge on any atom is 0.163 e. The van der Waals surface area contributed by atoms with E-state index in [2.05, 4.69) is 6.92 Å². The molecule has 11 nitrogen and oxygen atoms in total. The minimum atomic E-state index is -0.961. The Morgan fingerprint density at radius 3 is 1.32 bits per heavy atom. The molecule has 4 N–H and O–H groups in total. The van der Waals surface area contributed by atoms with Crippen molar-refractivity contribution < 1.29 is 53.6 Å². The van der Waals surface area contributed by atoms with Gasteiger partial charge in [0.05, 0.1) is 48.8 Å². The van der Waals surface area contributed by atoms with Gasteiger partial charge in [-0.15, -0.1) is 0 Å². The van der Waals surface area contributed by atoms with Crippen molar-refractivity contribution in [3.63, 3.8) is 0 Å². The fourth-order valence-electron chi connectivity index (χ4n) is 6.70. The summed E-state index contributed by atoms with van der Waals surface area (Å²) in [5.41, 5.74) is 0. The van der Waals surface area contributed by atoms with Crippen molar-refractivity contribution in [1.29, 1.82) is 0 Å². The van der Waals surface area contributed by atoms with Gasteiger partial charge in [0.15, 0.2) is 25.2 Å². The molecule has 0 aromatic rings. The summed E-state index contributed by atoms with van der Waals surface area (Å²) in [6, 6.07) is 0. The molecule has 41 heavy (non-hydrogen) atoms. The molecule has 0 radical (unpaired) electrons. The minimum absolute atomic E-state index is 0.0101. The second kappa shape index (κ2) is 13.3. The van der Waals surface area contributed by atoms with Crippen LogP contribution >= 0.6 is 0 Å². The van der Waals surface area contributed by atoms with Crippen LogP contribution in [0.15, 0.2) is 0 Å². The van der Waals surface area contributed by atoms with E-state index >= 15 is 0 Å². The highest BCUT2D eigenvalue weighted by Gasteiger charge is 2.50. The molecule has 240 valence electrons. The molecule has 4 aliphatic rings. The van der Waals surface area contributed by atoms with Crippen LogP contribution in [0.5, 0.6) is 0 Å². The van der Waals surface area contributed by atoms with Gasteiger partial charge in [0, 0.05) is 23.7 Å². The molecule has 0 amide bonds. The zero-order valence-corrected chi connectivity index (χ0v) is 26.2. The Labute approximate surface area is 244 Å². The Hall–Kier alpha value is -0.440. The maximum absolute atomic E-state index is 11.4. The van der Waals surface area contributed by atoms with E-state index in [4.69, 9.17) is 33.2 Å². The van der Waals surface area contributed by atoms with Gasteiger partial charge >= 0.3 is 0 Å². The van der Waals surface area contributed by atoms with E-state index in [1.165, 1.54) is 0 Å². The summed E-state index contributed by atoms with van der Waals surface area (Å²) in [4.78, 5) is 0. The molecule has 0 spiro atoms. The smallest absolute Gasteiger partial charge is 0.163 e. The van der Waals surface area contributed by atoms with E-state index in [1.807, 2.05) is 48.5 Å². The summed E-state index contributed by atoms with van der Waals surface area (Å²) >= 11 is 0. The number of aliphatic hydroxyl groups is 4. The van der Waals surface area contributed by atoms with Crippen LogP contribution in [-0.2, 0) is 33.2 Å². The monoisotopic (exact) mass is 590 g/mol. The lowest BCUT2D eigenvalue weighted by Crippen LogP contribution is -2.60. The molecular weight excluding hydrogens is 536 g/mol. The lowest BCUT2D eigenvalue weighted by Gasteiger charge is -2.50. The van der Waals surface area contributed by atoms with E-state index in [1.54, 1.807) is 13.8 Å².